The fourth-order valence-electron chi connectivity index (χ4n) is 1.52. The van der Waals surface area contributed by atoms with Crippen molar-refractivity contribution in [2.24, 2.45) is 12.8 Å². The topological polar surface area (TPSA) is 76.9 Å². The summed E-state index contributed by atoms with van der Waals surface area (Å²) in [5.74, 6) is 0.0864. The third-order valence-corrected chi connectivity index (χ3v) is 3.62. The summed E-state index contributed by atoms with van der Waals surface area (Å²) in [5, 5.41) is 13.2. The zero-order valence-electron chi connectivity index (χ0n) is 8.78. The van der Waals surface area contributed by atoms with Gasteiger partial charge in [0.1, 0.15) is 10.9 Å². The first-order valence-corrected chi connectivity index (χ1v) is 5.60. The van der Waals surface area contributed by atoms with Crippen LogP contribution in [0.2, 0.25) is 0 Å². The Bertz CT molecular complexity index is 397. The van der Waals surface area contributed by atoms with Crippen molar-refractivity contribution < 1.29 is 4.74 Å². The number of nitrogens with one attached hydrogen (secondary N) is 1. The molecule has 0 unspecified atom stereocenters. The lowest BCUT2D eigenvalue weighted by atomic mass is 10.2. The van der Waals surface area contributed by atoms with Gasteiger partial charge in [-0.2, -0.15) is 5.10 Å². The summed E-state index contributed by atoms with van der Waals surface area (Å²) >= 11 is 1.69. The molecule has 6 heteroatoms. The molecular formula is C9H14N4OS. The highest BCUT2D eigenvalue weighted by molar-refractivity contribution is 8.00. The Labute approximate surface area is 92.5 Å². The normalized spacial score (nSPS) is 16.4. The second kappa shape index (κ2) is 3.86. The number of hydrogen-bond donors (Lipinski definition) is 2. The Kier molecular flexibility index (Phi) is 2.70. The minimum absolute atomic E-state index is 0.0864. The molecule has 0 atom stereocenters. The lowest BCUT2D eigenvalue weighted by Crippen LogP contribution is -2.30. The van der Waals surface area contributed by atoms with Gasteiger partial charge in [0.15, 0.2) is 0 Å². The van der Waals surface area contributed by atoms with Crippen LogP contribution < -0.4 is 5.73 Å². The predicted molar refractivity (Wildman–Crippen MR) is 59.4 cm³/mol. The third kappa shape index (κ3) is 1.87. The quantitative estimate of drug-likeness (QED) is 0.581. The van der Waals surface area contributed by atoms with Gasteiger partial charge in [0, 0.05) is 7.05 Å². The molecule has 2 heterocycles. The van der Waals surface area contributed by atoms with E-state index >= 15 is 0 Å². The number of rotatable bonds is 3. The van der Waals surface area contributed by atoms with Crippen molar-refractivity contribution in [2.75, 3.05) is 13.2 Å². The van der Waals surface area contributed by atoms with Crippen LogP contribution in [-0.2, 0) is 11.8 Å². The zero-order chi connectivity index (χ0) is 11.0. The van der Waals surface area contributed by atoms with Gasteiger partial charge in [0.05, 0.1) is 29.7 Å². The monoisotopic (exact) mass is 226 g/mol. The Morgan fingerprint density at radius 3 is 2.80 bits per heavy atom. The van der Waals surface area contributed by atoms with Gasteiger partial charge in [0.2, 0.25) is 0 Å². The fraction of sp³-hybridized carbons (Fsp3) is 0.556. The molecule has 0 spiro atoms. The van der Waals surface area contributed by atoms with E-state index in [-0.39, 0.29) is 5.84 Å². The maximum absolute atomic E-state index is 7.53. The first-order valence-electron chi connectivity index (χ1n) is 4.72. The number of ether oxygens (including phenoxy) is 1. The molecule has 1 aromatic rings. The van der Waals surface area contributed by atoms with Crippen LogP contribution >= 0.6 is 11.8 Å². The van der Waals surface area contributed by atoms with Gasteiger partial charge >= 0.3 is 0 Å². The molecule has 1 fully saturated rings. The van der Waals surface area contributed by atoms with Crippen LogP contribution in [0.4, 0.5) is 0 Å². The fourth-order valence-corrected chi connectivity index (χ4v) is 2.74. The van der Waals surface area contributed by atoms with Crippen molar-refractivity contribution in [3.63, 3.8) is 0 Å². The maximum atomic E-state index is 7.53. The average molecular weight is 226 g/mol. The maximum Gasteiger partial charge on any atom is 0.127 e. The second-order valence-electron chi connectivity index (χ2n) is 3.58. The van der Waals surface area contributed by atoms with Crippen LogP contribution in [0.25, 0.3) is 0 Å². The Morgan fingerprint density at radius 2 is 2.33 bits per heavy atom. The molecule has 0 saturated carbocycles. The number of nitrogen functional groups attached to an aromatic ring is 1. The Morgan fingerprint density at radius 1 is 1.67 bits per heavy atom. The lowest BCUT2D eigenvalue weighted by Gasteiger charge is -2.25. The first kappa shape index (κ1) is 10.5. The van der Waals surface area contributed by atoms with Gasteiger partial charge in [0.25, 0.3) is 0 Å². The number of hydrogen-bond acceptors (Lipinski definition) is 4. The summed E-state index contributed by atoms with van der Waals surface area (Å²) in [4.78, 5) is 0. The van der Waals surface area contributed by atoms with Crippen molar-refractivity contribution in [1.29, 1.82) is 5.41 Å². The average Bonchev–Trinajstić information content (AvgIpc) is 2.33. The molecule has 0 aliphatic carbocycles. The molecule has 2 rings (SSSR count). The SMILES string of the molecule is Cc1nn(C)c(SC2COC2)c1C(=N)N. The highest BCUT2D eigenvalue weighted by Crippen LogP contribution is 2.31. The number of amidine groups is 1. The van der Waals surface area contributed by atoms with E-state index in [1.54, 1.807) is 16.4 Å². The lowest BCUT2D eigenvalue weighted by molar-refractivity contribution is 0.0454. The van der Waals surface area contributed by atoms with Gasteiger partial charge in [-0.05, 0) is 6.92 Å². The van der Waals surface area contributed by atoms with Crippen LogP contribution in [0.3, 0.4) is 0 Å². The molecule has 0 radical (unpaired) electrons. The summed E-state index contributed by atoms with van der Waals surface area (Å²) in [6, 6.07) is 0. The van der Waals surface area contributed by atoms with E-state index in [4.69, 9.17) is 15.9 Å². The predicted octanol–water partition coefficient (Wildman–Crippen LogP) is 0.503. The van der Waals surface area contributed by atoms with Gasteiger partial charge in [-0.1, -0.05) is 11.8 Å². The smallest absolute Gasteiger partial charge is 0.127 e. The van der Waals surface area contributed by atoms with Crippen LogP contribution in [0.1, 0.15) is 11.3 Å². The highest BCUT2D eigenvalue weighted by Gasteiger charge is 2.25. The molecule has 1 aliphatic rings. The molecule has 1 aliphatic heterocycles. The summed E-state index contributed by atoms with van der Waals surface area (Å²) < 4.78 is 6.91. The number of nitrogens with zero attached hydrogens (tertiary/aromatic N) is 2. The van der Waals surface area contributed by atoms with E-state index in [9.17, 15) is 0 Å². The van der Waals surface area contributed by atoms with Crippen molar-refractivity contribution in [2.45, 2.75) is 17.2 Å². The van der Waals surface area contributed by atoms with Crippen LogP contribution in [0, 0.1) is 12.3 Å². The van der Waals surface area contributed by atoms with Crippen molar-refractivity contribution >= 4 is 17.6 Å². The molecule has 5 nitrogen and oxygen atoms in total. The molecule has 3 N–H and O–H groups in total. The summed E-state index contributed by atoms with van der Waals surface area (Å²) in [7, 11) is 1.88. The van der Waals surface area contributed by atoms with E-state index in [0.717, 1.165) is 29.5 Å². The van der Waals surface area contributed by atoms with Gasteiger partial charge in [-0.3, -0.25) is 10.1 Å². The molecule has 1 saturated heterocycles. The molecule has 15 heavy (non-hydrogen) atoms. The van der Waals surface area contributed by atoms with Crippen LogP contribution in [0.15, 0.2) is 5.03 Å². The standard InChI is InChI=1S/C9H14N4OS/c1-5-7(8(10)11)9(13(2)12-5)15-6-3-14-4-6/h6H,3-4H2,1-2H3,(H3,10,11). The summed E-state index contributed by atoms with van der Waals surface area (Å²) in [6.45, 7) is 3.41. The van der Waals surface area contributed by atoms with E-state index < -0.39 is 0 Å². The molecule has 0 aromatic carbocycles. The van der Waals surface area contributed by atoms with E-state index in [1.807, 2.05) is 14.0 Å². The van der Waals surface area contributed by atoms with E-state index in [0.29, 0.717) is 5.25 Å². The number of aromatic nitrogens is 2. The molecular weight excluding hydrogens is 212 g/mol. The minimum Gasteiger partial charge on any atom is -0.384 e. The van der Waals surface area contributed by atoms with Gasteiger partial charge in [-0.15, -0.1) is 0 Å². The molecule has 82 valence electrons. The number of aryl methyl sites for hydroxylation is 2. The number of nitrogens with two attached hydrogens (primary N) is 1. The summed E-state index contributed by atoms with van der Waals surface area (Å²) in [6.07, 6.45) is 0. The van der Waals surface area contributed by atoms with Gasteiger partial charge < -0.3 is 10.5 Å². The highest BCUT2D eigenvalue weighted by atomic mass is 32.2. The largest absolute Gasteiger partial charge is 0.384 e. The van der Waals surface area contributed by atoms with Crippen molar-refractivity contribution in [3.8, 4) is 0 Å². The third-order valence-electron chi connectivity index (χ3n) is 2.32. The van der Waals surface area contributed by atoms with Crippen molar-refractivity contribution in [3.05, 3.63) is 11.3 Å². The Hall–Kier alpha value is -1.01. The van der Waals surface area contributed by atoms with E-state index in [2.05, 4.69) is 5.10 Å². The second-order valence-corrected chi connectivity index (χ2v) is 4.87. The first-order chi connectivity index (χ1) is 7.09. The molecule has 0 amide bonds. The van der Waals surface area contributed by atoms with E-state index in [1.165, 1.54) is 0 Å². The van der Waals surface area contributed by atoms with Crippen LogP contribution in [0.5, 0.6) is 0 Å². The van der Waals surface area contributed by atoms with Gasteiger partial charge in [-0.25, -0.2) is 0 Å². The summed E-state index contributed by atoms with van der Waals surface area (Å²) in [5.41, 5.74) is 7.12. The minimum atomic E-state index is 0.0864. The molecule has 0 bridgehead atoms. The van der Waals surface area contributed by atoms with Crippen LogP contribution in [-0.4, -0.2) is 34.1 Å². The zero-order valence-corrected chi connectivity index (χ0v) is 9.60. The van der Waals surface area contributed by atoms with Crippen molar-refractivity contribution in [1.82, 2.24) is 9.78 Å². The number of thioether (sulfide) groups is 1. The molecule has 1 aromatic heterocycles. The Balaban J connectivity index is 2.30.